The van der Waals surface area contributed by atoms with Gasteiger partial charge >= 0.3 is 0 Å². The fourth-order valence-corrected chi connectivity index (χ4v) is 3.59. The number of aryl methyl sites for hydroxylation is 1. The lowest BCUT2D eigenvalue weighted by atomic mass is 9.89. The van der Waals surface area contributed by atoms with Crippen LogP contribution in [0.25, 0.3) is 0 Å². The second-order valence-corrected chi connectivity index (χ2v) is 7.90. The second kappa shape index (κ2) is 10.8. The first-order chi connectivity index (χ1) is 13.9. The molecule has 0 aliphatic heterocycles. The zero-order valence-electron chi connectivity index (χ0n) is 18.2. The van der Waals surface area contributed by atoms with Gasteiger partial charge < -0.3 is 10.6 Å². The molecule has 0 bridgehead atoms. The third-order valence-corrected chi connectivity index (χ3v) is 5.07. The van der Waals surface area contributed by atoms with Crippen molar-refractivity contribution in [1.29, 1.82) is 0 Å². The lowest BCUT2D eigenvalue weighted by Crippen LogP contribution is -2.49. The fourth-order valence-electron chi connectivity index (χ4n) is 3.59. The first-order valence-corrected chi connectivity index (χ1v) is 10.6. The van der Waals surface area contributed by atoms with Gasteiger partial charge in [0.1, 0.15) is 11.7 Å². The molecule has 6 heteroatoms. The molecule has 0 unspecified atom stereocenters. The number of nitrogens with zero attached hydrogens (tertiary/aromatic N) is 2. The van der Waals surface area contributed by atoms with Gasteiger partial charge in [0, 0.05) is 17.9 Å². The van der Waals surface area contributed by atoms with E-state index in [1.54, 1.807) is 16.9 Å². The summed E-state index contributed by atoms with van der Waals surface area (Å²) < 4.78 is 1.68. The standard InChI is InChI=1S/C23H34N4O2/c1-6-8-18(9-7-2)21(23(29)25-19-12-10-17(5)11-13-19)26-22(28)20-14-15-24-27(20)16(3)4/h10-16,18,21H,6-9H2,1-5H3,(H,25,29)(H,26,28)/t21-/m0/s1. The molecule has 0 saturated heterocycles. The Kier molecular flexibility index (Phi) is 8.43. The number of hydrogen-bond donors (Lipinski definition) is 2. The maximum absolute atomic E-state index is 13.2. The van der Waals surface area contributed by atoms with Gasteiger partial charge in [-0.1, -0.05) is 44.4 Å². The number of hydrogen-bond acceptors (Lipinski definition) is 3. The normalized spacial score (nSPS) is 12.2. The molecule has 0 fully saturated rings. The maximum Gasteiger partial charge on any atom is 0.270 e. The average Bonchev–Trinajstić information content (AvgIpc) is 3.18. The van der Waals surface area contributed by atoms with E-state index in [-0.39, 0.29) is 23.8 Å². The van der Waals surface area contributed by atoms with Crippen LogP contribution in [0.5, 0.6) is 0 Å². The molecule has 1 heterocycles. The van der Waals surface area contributed by atoms with Crippen molar-refractivity contribution in [2.75, 3.05) is 5.32 Å². The first-order valence-electron chi connectivity index (χ1n) is 10.6. The third-order valence-electron chi connectivity index (χ3n) is 5.07. The molecule has 1 aromatic carbocycles. The molecule has 0 aliphatic rings. The zero-order chi connectivity index (χ0) is 21.4. The van der Waals surface area contributed by atoms with Gasteiger partial charge in [0.15, 0.2) is 0 Å². The topological polar surface area (TPSA) is 76.0 Å². The summed E-state index contributed by atoms with van der Waals surface area (Å²) in [5.74, 6) is -0.364. The minimum absolute atomic E-state index is 0.0627. The van der Waals surface area contributed by atoms with Gasteiger partial charge in [-0.3, -0.25) is 14.3 Å². The summed E-state index contributed by atoms with van der Waals surface area (Å²) in [6, 6.07) is 8.84. The van der Waals surface area contributed by atoms with Crippen LogP contribution in [-0.4, -0.2) is 27.6 Å². The average molecular weight is 399 g/mol. The molecule has 6 nitrogen and oxygen atoms in total. The molecule has 2 amide bonds. The molecule has 0 aliphatic carbocycles. The number of anilines is 1. The van der Waals surface area contributed by atoms with Crippen LogP contribution in [0.4, 0.5) is 5.69 Å². The Bertz CT molecular complexity index is 789. The molecule has 0 spiro atoms. The highest BCUT2D eigenvalue weighted by Gasteiger charge is 2.30. The monoisotopic (exact) mass is 398 g/mol. The molecular formula is C23H34N4O2. The van der Waals surface area contributed by atoms with Crippen LogP contribution in [0.3, 0.4) is 0 Å². The quantitative estimate of drug-likeness (QED) is 0.608. The van der Waals surface area contributed by atoms with E-state index in [9.17, 15) is 9.59 Å². The van der Waals surface area contributed by atoms with Gasteiger partial charge in [-0.2, -0.15) is 5.10 Å². The minimum atomic E-state index is -0.598. The van der Waals surface area contributed by atoms with Crippen LogP contribution < -0.4 is 10.6 Å². The third kappa shape index (κ3) is 6.17. The number of carbonyl (C=O) groups is 2. The lowest BCUT2D eigenvalue weighted by Gasteiger charge is -2.27. The molecule has 1 atom stereocenters. The molecule has 29 heavy (non-hydrogen) atoms. The summed E-state index contributed by atoms with van der Waals surface area (Å²) in [5.41, 5.74) is 2.34. The summed E-state index contributed by atoms with van der Waals surface area (Å²) in [4.78, 5) is 26.2. The van der Waals surface area contributed by atoms with Crippen LogP contribution in [0, 0.1) is 12.8 Å². The van der Waals surface area contributed by atoms with Gasteiger partial charge in [-0.05, 0) is 57.7 Å². The zero-order valence-corrected chi connectivity index (χ0v) is 18.2. The van der Waals surface area contributed by atoms with Crippen molar-refractivity contribution >= 4 is 17.5 Å². The maximum atomic E-state index is 13.2. The molecular weight excluding hydrogens is 364 g/mol. The van der Waals surface area contributed by atoms with Crippen molar-refractivity contribution in [2.24, 2.45) is 5.92 Å². The van der Waals surface area contributed by atoms with E-state index < -0.39 is 6.04 Å². The predicted octanol–water partition coefficient (Wildman–Crippen LogP) is 4.73. The minimum Gasteiger partial charge on any atom is -0.339 e. The van der Waals surface area contributed by atoms with E-state index in [0.717, 1.165) is 36.9 Å². The summed E-state index contributed by atoms with van der Waals surface area (Å²) in [6.07, 6.45) is 5.29. The van der Waals surface area contributed by atoms with Crippen LogP contribution >= 0.6 is 0 Å². The van der Waals surface area contributed by atoms with Crippen LogP contribution in [0.15, 0.2) is 36.5 Å². The Labute approximate surface area is 174 Å². The van der Waals surface area contributed by atoms with Crippen molar-refractivity contribution in [2.45, 2.75) is 72.4 Å². The van der Waals surface area contributed by atoms with Crippen LogP contribution in [0.2, 0.25) is 0 Å². The highest BCUT2D eigenvalue weighted by Crippen LogP contribution is 2.21. The van der Waals surface area contributed by atoms with E-state index in [0.29, 0.717) is 5.69 Å². The van der Waals surface area contributed by atoms with Gasteiger partial charge in [0.25, 0.3) is 5.91 Å². The first kappa shape index (κ1) is 22.7. The van der Waals surface area contributed by atoms with Crippen molar-refractivity contribution in [3.05, 3.63) is 47.8 Å². The summed E-state index contributed by atoms with van der Waals surface area (Å²) in [6.45, 7) is 10.2. The Morgan fingerprint density at radius 2 is 1.66 bits per heavy atom. The smallest absolute Gasteiger partial charge is 0.270 e. The van der Waals surface area contributed by atoms with E-state index >= 15 is 0 Å². The molecule has 1 aromatic heterocycles. The number of carbonyl (C=O) groups excluding carboxylic acids is 2. The summed E-state index contributed by atoms with van der Waals surface area (Å²) in [7, 11) is 0. The SMILES string of the molecule is CCCC(CCC)[C@H](NC(=O)c1ccnn1C(C)C)C(=O)Nc1ccc(C)cc1. The molecule has 0 saturated carbocycles. The van der Waals surface area contributed by atoms with Crippen molar-refractivity contribution in [3.63, 3.8) is 0 Å². The van der Waals surface area contributed by atoms with Crippen molar-refractivity contribution in [1.82, 2.24) is 15.1 Å². The van der Waals surface area contributed by atoms with Gasteiger partial charge in [-0.15, -0.1) is 0 Å². The summed E-state index contributed by atoms with van der Waals surface area (Å²) in [5, 5.41) is 10.2. The van der Waals surface area contributed by atoms with Crippen LogP contribution in [-0.2, 0) is 4.79 Å². The fraction of sp³-hybridized carbons (Fsp3) is 0.522. The highest BCUT2D eigenvalue weighted by molar-refractivity contribution is 6.00. The Hall–Kier alpha value is -2.63. The Morgan fingerprint density at radius 3 is 2.21 bits per heavy atom. The second-order valence-electron chi connectivity index (χ2n) is 7.90. The van der Waals surface area contributed by atoms with Gasteiger partial charge in [0.05, 0.1) is 0 Å². The van der Waals surface area contributed by atoms with E-state index in [1.807, 2.05) is 45.0 Å². The predicted molar refractivity (Wildman–Crippen MR) is 117 cm³/mol. The number of aromatic nitrogens is 2. The lowest BCUT2D eigenvalue weighted by molar-refractivity contribution is -0.119. The molecule has 2 aromatic rings. The number of rotatable bonds is 10. The molecule has 0 radical (unpaired) electrons. The molecule has 2 N–H and O–H groups in total. The van der Waals surface area contributed by atoms with Crippen LogP contribution in [0.1, 0.15) is 75.5 Å². The largest absolute Gasteiger partial charge is 0.339 e. The van der Waals surface area contributed by atoms with E-state index in [2.05, 4.69) is 29.6 Å². The van der Waals surface area contributed by atoms with Crippen molar-refractivity contribution in [3.8, 4) is 0 Å². The molecule has 158 valence electrons. The van der Waals surface area contributed by atoms with E-state index in [4.69, 9.17) is 0 Å². The number of amides is 2. The van der Waals surface area contributed by atoms with Gasteiger partial charge in [0.2, 0.25) is 5.91 Å². The Morgan fingerprint density at radius 1 is 1.03 bits per heavy atom. The Balaban J connectivity index is 2.25. The molecule has 2 rings (SSSR count). The highest BCUT2D eigenvalue weighted by atomic mass is 16.2. The number of benzene rings is 1. The number of nitrogens with one attached hydrogen (secondary N) is 2. The summed E-state index contributed by atoms with van der Waals surface area (Å²) >= 11 is 0. The van der Waals surface area contributed by atoms with Gasteiger partial charge in [-0.25, -0.2) is 0 Å². The van der Waals surface area contributed by atoms with Crippen molar-refractivity contribution < 1.29 is 9.59 Å². The van der Waals surface area contributed by atoms with E-state index in [1.165, 1.54) is 0 Å².